The van der Waals surface area contributed by atoms with E-state index in [4.69, 9.17) is 0 Å². The Bertz CT molecular complexity index is 662. The van der Waals surface area contributed by atoms with Crippen LogP contribution in [0.15, 0.2) is 43.0 Å². The number of rotatable bonds is 3. The first-order chi connectivity index (χ1) is 10.3. The molecule has 0 aliphatic carbocycles. The molecule has 0 unspecified atom stereocenters. The minimum Gasteiger partial charge on any atom is -0.334 e. The van der Waals surface area contributed by atoms with Crippen molar-refractivity contribution in [3.05, 3.63) is 48.5 Å². The van der Waals surface area contributed by atoms with Gasteiger partial charge < -0.3 is 14.8 Å². The first-order valence-corrected chi connectivity index (χ1v) is 7.42. The number of amides is 1. The summed E-state index contributed by atoms with van der Waals surface area (Å²) in [6.45, 7) is 1.69. The van der Waals surface area contributed by atoms with Crippen molar-refractivity contribution in [2.24, 2.45) is 0 Å². The predicted molar refractivity (Wildman–Crippen MR) is 93.4 cm³/mol. The van der Waals surface area contributed by atoms with Crippen LogP contribution in [0, 0.1) is 0 Å². The molecule has 2 aliphatic rings. The van der Waals surface area contributed by atoms with Gasteiger partial charge in [0.1, 0.15) is 0 Å². The number of likely N-dealkylation sites (tertiary alicyclic amines) is 1. The van der Waals surface area contributed by atoms with Gasteiger partial charge in [-0.25, -0.2) is 4.98 Å². The number of para-hydroxylation sites is 1. The second-order valence-corrected chi connectivity index (χ2v) is 5.74. The molecule has 0 radical (unpaired) electrons. The van der Waals surface area contributed by atoms with Gasteiger partial charge in [-0.2, -0.15) is 0 Å². The number of benzene rings is 1. The van der Waals surface area contributed by atoms with Crippen LogP contribution in [0.5, 0.6) is 0 Å². The zero-order chi connectivity index (χ0) is 14.2. The zero-order valence-electron chi connectivity index (χ0n) is 12.6. The molecular formula is C16H20Cl2N4O. The summed E-state index contributed by atoms with van der Waals surface area (Å²) in [5.74, 6) is 0.262. The maximum absolute atomic E-state index is 12.3. The molecule has 2 atom stereocenters. The van der Waals surface area contributed by atoms with E-state index >= 15 is 0 Å². The number of hydrogen-bond acceptors (Lipinski definition) is 3. The van der Waals surface area contributed by atoms with E-state index in [1.807, 2.05) is 27.8 Å². The Morgan fingerprint density at radius 3 is 2.87 bits per heavy atom. The molecule has 2 saturated heterocycles. The second kappa shape index (κ2) is 7.34. The fourth-order valence-electron chi connectivity index (χ4n) is 3.51. The molecule has 1 aromatic carbocycles. The van der Waals surface area contributed by atoms with Gasteiger partial charge in [0.2, 0.25) is 5.91 Å². The molecule has 4 rings (SSSR count). The van der Waals surface area contributed by atoms with Gasteiger partial charge in [-0.1, -0.05) is 18.2 Å². The number of carbonyl (C=O) groups excluding carboxylic acids is 1. The van der Waals surface area contributed by atoms with Crippen LogP contribution in [-0.2, 0) is 11.3 Å². The molecule has 3 heterocycles. The number of imidazole rings is 1. The van der Waals surface area contributed by atoms with Crippen molar-refractivity contribution in [3.8, 4) is 5.69 Å². The quantitative estimate of drug-likeness (QED) is 0.918. The largest absolute Gasteiger partial charge is 0.334 e. The van der Waals surface area contributed by atoms with Crippen LogP contribution >= 0.6 is 24.8 Å². The topological polar surface area (TPSA) is 50.2 Å². The van der Waals surface area contributed by atoms with E-state index in [0.29, 0.717) is 25.0 Å². The second-order valence-electron chi connectivity index (χ2n) is 5.74. The Morgan fingerprint density at radius 1 is 1.26 bits per heavy atom. The molecule has 7 heteroatoms. The van der Waals surface area contributed by atoms with Gasteiger partial charge in [-0.15, -0.1) is 24.8 Å². The zero-order valence-corrected chi connectivity index (χ0v) is 14.2. The summed E-state index contributed by atoms with van der Waals surface area (Å²) in [4.78, 5) is 18.4. The Hall–Kier alpha value is -1.56. The summed E-state index contributed by atoms with van der Waals surface area (Å²) in [7, 11) is 0. The number of halogens is 2. The molecule has 23 heavy (non-hydrogen) atoms. The first-order valence-electron chi connectivity index (χ1n) is 7.42. The van der Waals surface area contributed by atoms with E-state index in [9.17, 15) is 4.79 Å². The van der Waals surface area contributed by atoms with E-state index in [-0.39, 0.29) is 30.7 Å². The molecule has 0 bridgehead atoms. The van der Waals surface area contributed by atoms with E-state index in [1.165, 1.54) is 0 Å². The number of carbonyl (C=O) groups is 1. The van der Waals surface area contributed by atoms with Gasteiger partial charge in [0.15, 0.2) is 0 Å². The number of aromatic nitrogens is 2. The van der Waals surface area contributed by atoms with Gasteiger partial charge in [0, 0.05) is 37.4 Å². The third-order valence-corrected chi connectivity index (χ3v) is 4.54. The normalized spacial score (nSPS) is 22.4. The van der Waals surface area contributed by atoms with Crippen LogP contribution in [0.4, 0.5) is 0 Å². The predicted octanol–water partition coefficient (Wildman–Crippen LogP) is 2.18. The maximum Gasteiger partial charge on any atom is 0.224 e. The van der Waals surface area contributed by atoms with Crippen LogP contribution in [0.1, 0.15) is 18.4 Å². The first kappa shape index (κ1) is 17.8. The lowest BCUT2D eigenvalue weighted by Crippen LogP contribution is -2.35. The molecule has 0 saturated carbocycles. The van der Waals surface area contributed by atoms with E-state index in [1.54, 1.807) is 12.5 Å². The molecule has 1 amide bonds. The molecule has 2 aromatic rings. The molecule has 1 aromatic heterocycles. The fourth-order valence-corrected chi connectivity index (χ4v) is 3.51. The van der Waals surface area contributed by atoms with E-state index in [2.05, 4.69) is 22.4 Å². The van der Waals surface area contributed by atoms with Crippen molar-refractivity contribution in [2.75, 3.05) is 6.54 Å². The summed E-state index contributed by atoms with van der Waals surface area (Å²) in [6.07, 6.45) is 7.20. The lowest BCUT2D eigenvalue weighted by Gasteiger charge is -2.24. The minimum atomic E-state index is 0. The molecular weight excluding hydrogens is 335 g/mol. The highest BCUT2D eigenvalue weighted by atomic mass is 35.5. The van der Waals surface area contributed by atoms with Crippen molar-refractivity contribution in [2.45, 2.75) is 31.5 Å². The van der Waals surface area contributed by atoms with Gasteiger partial charge in [0.05, 0.1) is 12.0 Å². The maximum atomic E-state index is 12.3. The third-order valence-electron chi connectivity index (χ3n) is 4.54. The third kappa shape index (κ3) is 3.22. The van der Waals surface area contributed by atoms with Crippen LogP contribution in [-0.4, -0.2) is 39.0 Å². The monoisotopic (exact) mass is 354 g/mol. The van der Waals surface area contributed by atoms with Gasteiger partial charge in [0.25, 0.3) is 0 Å². The Morgan fingerprint density at radius 2 is 2.09 bits per heavy atom. The standard InChI is InChI=1S/C16H18N4O.2ClH/c21-16-9-13-15(5-6-18-13)20(16)10-12-3-1-2-4-14(12)19-8-7-17-11-19;;/h1-4,7-8,11,13,15,18H,5-6,9-10H2;2*1H/t13-,15-;;/m1../s1. The summed E-state index contributed by atoms with van der Waals surface area (Å²) in [5.41, 5.74) is 2.26. The van der Waals surface area contributed by atoms with Crippen LogP contribution in [0.25, 0.3) is 5.69 Å². The van der Waals surface area contributed by atoms with Crippen LogP contribution in [0.3, 0.4) is 0 Å². The van der Waals surface area contributed by atoms with Crippen molar-refractivity contribution >= 4 is 30.7 Å². The SMILES string of the molecule is Cl.Cl.O=C1C[C@H]2NCC[C@H]2N1Cc1ccccc1-n1ccnc1. The smallest absolute Gasteiger partial charge is 0.224 e. The number of hydrogen-bond donors (Lipinski definition) is 1. The highest BCUT2D eigenvalue weighted by Gasteiger charge is 2.42. The minimum absolute atomic E-state index is 0. The van der Waals surface area contributed by atoms with Crippen molar-refractivity contribution in [1.29, 1.82) is 0 Å². The summed E-state index contributed by atoms with van der Waals surface area (Å²) in [6, 6.07) is 8.91. The highest BCUT2D eigenvalue weighted by molar-refractivity contribution is 5.85. The molecule has 124 valence electrons. The Balaban J connectivity index is 0.000000960. The molecule has 2 fully saturated rings. The highest BCUT2D eigenvalue weighted by Crippen LogP contribution is 2.29. The number of fused-ring (bicyclic) bond motifs is 1. The average molecular weight is 355 g/mol. The fraction of sp³-hybridized carbons (Fsp3) is 0.375. The van der Waals surface area contributed by atoms with Crippen molar-refractivity contribution in [3.63, 3.8) is 0 Å². The lowest BCUT2D eigenvalue weighted by atomic mass is 10.1. The van der Waals surface area contributed by atoms with Crippen molar-refractivity contribution < 1.29 is 4.79 Å². The Kier molecular flexibility index (Phi) is 5.68. The average Bonchev–Trinajstić information content (AvgIpc) is 3.20. The van der Waals surface area contributed by atoms with Gasteiger partial charge in [-0.05, 0) is 24.6 Å². The van der Waals surface area contributed by atoms with E-state index in [0.717, 1.165) is 24.2 Å². The molecule has 1 N–H and O–H groups in total. The molecule has 0 spiro atoms. The number of nitrogens with one attached hydrogen (secondary N) is 1. The Labute approximate surface area is 147 Å². The van der Waals surface area contributed by atoms with Crippen molar-refractivity contribution in [1.82, 2.24) is 19.8 Å². The molecule has 5 nitrogen and oxygen atoms in total. The van der Waals surface area contributed by atoms with Gasteiger partial charge >= 0.3 is 0 Å². The van der Waals surface area contributed by atoms with Crippen LogP contribution in [0.2, 0.25) is 0 Å². The van der Waals surface area contributed by atoms with Gasteiger partial charge in [-0.3, -0.25) is 4.79 Å². The van der Waals surface area contributed by atoms with Crippen LogP contribution < -0.4 is 5.32 Å². The summed E-state index contributed by atoms with van der Waals surface area (Å²) in [5, 5.41) is 3.43. The molecule has 2 aliphatic heterocycles. The lowest BCUT2D eigenvalue weighted by molar-refractivity contribution is -0.129. The van der Waals surface area contributed by atoms with E-state index < -0.39 is 0 Å². The summed E-state index contributed by atoms with van der Waals surface area (Å²) >= 11 is 0. The number of nitrogens with zero attached hydrogens (tertiary/aromatic N) is 3. The summed E-state index contributed by atoms with van der Waals surface area (Å²) < 4.78 is 2.00.